The fraction of sp³-hybridized carbons (Fsp3) is 0.0714. The molecule has 1 unspecified atom stereocenters. The molecule has 0 aliphatic rings. The average Bonchev–Trinajstić information content (AvgIpc) is 2.39. The van der Waals surface area contributed by atoms with Crippen molar-refractivity contribution < 1.29 is 9.90 Å². The minimum atomic E-state index is -1.14. The number of carbonyl (C=O) groups excluding carboxylic acids is 1. The van der Waals surface area contributed by atoms with Gasteiger partial charge in [-0.05, 0) is 17.7 Å². The zero-order valence-corrected chi connectivity index (χ0v) is 9.21. The van der Waals surface area contributed by atoms with Gasteiger partial charge in [0.15, 0.2) is 5.78 Å². The molecule has 0 spiro atoms. The predicted molar refractivity (Wildman–Crippen MR) is 66.6 cm³/mol. The fourth-order valence-corrected chi connectivity index (χ4v) is 1.59. The topological polar surface area (TPSA) is 63.3 Å². The Morgan fingerprint density at radius 3 is 2.18 bits per heavy atom. The number of hydrogen-bond donors (Lipinski definition) is 2. The molecule has 0 fully saturated rings. The van der Waals surface area contributed by atoms with E-state index < -0.39 is 6.10 Å². The van der Waals surface area contributed by atoms with Gasteiger partial charge in [-0.25, -0.2) is 0 Å². The molecule has 0 aliphatic heterocycles. The molecule has 3 N–H and O–H groups in total. The molecular formula is C14H13NO2. The van der Waals surface area contributed by atoms with Crippen LogP contribution < -0.4 is 5.73 Å². The number of aliphatic hydroxyl groups excluding tert-OH is 1. The highest BCUT2D eigenvalue weighted by Gasteiger charge is 2.18. The van der Waals surface area contributed by atoms with Crippen molar-refractivity contribution in [2.75, 3.05) is 5.73 Å². The third-order valence-corrected chi connectivity index (χ3v) is 2.56. The Balaban J connectivity index is 2.23. The van der Waals surface area contributed by atoms with E-state index in [4.69, 9.17) is 5.73 Å². The number of nitrogens with two attached hydrogens (primary N) is 1. The first-order valence-electron chi connectivity index (χ1n) is 5.31. The summed E-state index contributed by atoms with van der Waals surface area (Å²) in [4.78, 5) is 11.9. The number of aliphatic hydroxyl groups is 1. The highest BCUT2D eigenvalue weighted by atomic mass is 16.3. The van der Waals surface area contributed by atoms with Crippen LogP contribution in [0.3, 0.4) is 0 Å². The summed E-state index contributed by atoms with van der Waals surface area (Å²) in [5, 5.41) is 9.94. The van der Waals surface area contributed by atoms with Crippen LogP contribution in [0.1, 0.15) is 22.0 Å². The number of ketones is 1. The SMILES string of the molecule is Nc1ccc(C(O)C(=O)c2ccccc2)cc1. The molecule has 0 radical (unpaired) electrons. The molecule has 0 saturated carbocycles. The smallest absolute Gasteiger partial charge is 0.195 e. The van der Waals surface area contributed by atoms with Crippen LogP contribution in [-0.4, -0.2) is 10.9 Å². The third kappa shape index (κ3) is 2.52. The quantitative estimate of drug-likeness (QED) is 0.624. The Morgan fingerprint density at radius 2 is 1.59 bits per heavy atom. The molecule has 0 aliphatic carbocycles. The average molecular weight is 227 g/mol. The summed E-state index contributed by atoms with van der Waals surface area (Å²) in [6.45, 7) is 0. The zero-order chi connectivity index (χ0) is 12.3. The summed E-state index contributed by atoms with van der Waals surface area (Å²) in [7, 11) is 0. The number of benzene rings is 2. The van der Waals surface area contributed by atoms with Crippen molar-refractivity contribution in [3.8, 4) is 0 Å². The van der Waals surface area contributed by atoms with Crippen LogP contribution >= 0.6 is 0 Å². The normalized spacial score (nSPS) is 12.1. The second-order valence-electron chi connectivity index (χ2n) is 3.80. The molecule has 0 heterocycles. The molecule has 0 saturated heterocycles. The van der Waals surface area contributed by atoms with Crippen LogP contribution in [0.2, 0.25) is 0 Å². The second-order valence-corrected chi connectivity index (χ2v) is 3.80. The van der Waals surface area contributed by atoms with Crippen molar-refractivity contribution in [2.45, 2.75) is 6.10 Å². The Bertz CT molecular complexity index is 506. The lowest BCUT2D eigenvalue weighted by molar-refractivity contribution is 0.0747. The molecule has 1 atom stereocenters. The summed E-state index contributed by atoms with van der Waals surface area (Å²) >= 11 is 0. The molecule has 86 valence electrons. The summed E-state index contributed by atoms with van der Waals surface area (Å²) < 4.78 is 0. The van der Waals surface area contributed by atoms with Gasteiger partial charge in [0.05, 0.1) is 0 Å². The van der Waals surface area contributed by atoms with Gasteiger partial charge >= 0.3 is 0 Å². The van der Waals surface area contributed by atoms with E-state index in [0.29, 0.717) is 16.8 Å². The summed E-state index contributed by atoms with van der Waals surface area (Å²) in [6.07, 6.45) is -1.14. The van der Waals surface area contributed by atoms with Crippen LogP contribution in [0, 0.1) is 0 Å². The molecule has 2 aromatic carbocycles. The fourth-order valence-electron chi connectivity index (χ4n) is 1.59. The molecule has 0 amide bonds. The van der Waals surface area contributed by atoms with Crippen LogP contribution in [0.5, 0.6) is 0 Å². The van der Waals surface area contributed by atoms with Gasteiger partial charge in [0.2, 0.25) is 0 Å². The molecule has 3 nitrogen and oxygen atoms in total. The maximum Gasteiger partial charge on any atom is 0.195 e. The van der Waals surface area contributed by atoms with Crippen molar-refractivity contribution >= 4 is 11.5 Å². The zero-order valence-electron chi connectivity index (χ0n) is 9.21. The molecule has 0 aromatic heterocycles. The Hall–Kier alpha value is -2.13. The van der Waals surface area contributed by atoms with Crippen molar-refractivity contribution in [2.24, 2.45) is 0 Å². The second kappa shape index (κ2) is 4.80. The Morgan fingerprint density at radius 1 is 1.00 bits per heavy atom. The first-order valence-corrected chi connectivity index (χ1v) is 5.31. The van der Waals surface area contributed by atoms with E-state index in [0.717, 1.165) is 0 Å². The monoisotopic (exact) mass is 227 g/mol. The number of hydrogen-bond acceptors (Lipinski definition) is 3. The van der Waals surface area contributed by atoms with Crippen LogP contribution in [0.25, 0.3) is 0 Å². The summed E-state index contributed by atoms with van der Waals surface area (Å²) in [6, 6.07) is 15.4. The van der Waals surface area contributed by atoms with Gasteiger partial charge in [-0.1, -0.05) is 42.5 Å². The predicted octanol–water partition coefficient (Wildman–Crippen LogP) is 2.19. The lowest BCUT2D eigenvalue weighted by atomic mass is 10.00. The van der Waals surface area contributed by atoms with E-state index in [1.165, 1.54) is 0 Å². The molecule has 2 aromatic rings. The molecule has 3 heteroatoms. The lowest BCUT2D eigenvalue weighted by Crippen LogP contribution is -2.12. The minimum absolute atomic E-state index is 0.310. The molecular weight excluding hydrogens is 214 g/mol. The Labute approximate surface area is 99.5 Å². The van der Waals surface area contributed by atoms with Gasteiger partial charge in [-0.15, -0.1) is 0 Å². The van der Waals surface area contributed by atoms with Crippen LogP contribution in [0.4, 0.5) is 5.69 Å². The molecule has 2 rings (SSSR count). The van der Waals surface area contributed by atoms with E-state index in [1.54, 1.807) is 48.5 Å². The van der Waals surface area contributed by atoms with Gasteiger partial charge in [-0.2, -0.15) is 0 Å². The van der Waals surface area contributed by atoms with E-state index in [2.05, 4.69) is 0 Å². The molecule has 17 heavy (non-hydrogen) atoms. The van der Waals surface area contributed by atoms with Gasteiger partial charge < -0.3 is 10.8 Å². The Kier molecular flexibility index (Phi) is 3.21. The standard InChI is InChI=1S/C14H13NO2/c15-12-8-6-11(7-9-12)14(17)13(16)10-4-2-1-3-5-10/h1-9,14,17H,15H2. The van der Waals surface area contributed by atoms with Gasteiger partial charge in [0, 0.05) is 11.3 Å². The van der Waals surface area contributed by atoms with Gasteiger partial charge in [0.25, 0.3) is 0 Å². The highest BCUT2D eigenvalue weighted by molar-refractivity contribution is 5.99. The van der Waals surface area contributed by atoms with E-state index in [9.17, 15) is 9.90 Å². The van der Waals surface area contributed by atoms with Gasteiger partial charge in [0.1, 0.15) is 6.10 Å². The van der Waals surface area contributed by atoms with Crippen molar-refractivity contribution in [3.05, 3.63) is 65.7 Å². The summed E-state index contributed by atoms with van der Waals surface area (Å²) in [5.41, 5.74) is 7.20. The van der Waals surface area contributed by atoms with Crippen LogP contribution in [0.15, 0.2) is 54.6 Å². The van der Waals surface area contributed by atoms with E-state index in [-0.39, 0.29) is 5.78 Å². The maximum absolute atomic E-state index is 11.9. The van der Waals surface area contributed by atoms with Crippen LogP contribution in [-0.2, 0) is 0 Å². The molecule has 0 bridgehead atoms. The highest BCUT2D eigenvalue weighted by Crippen LogP contribution is 2.19. The largest absolute Gasteiger partial charge is 0.399 e. The number of carbonyl (C=O) groups is 1. The van der Waals surface area contributed by atoms with E-state index in [1.807, 2.05) is 6.07 Å². The van der Waals surface area contributed by atoms with E-state index >= 15 is 0 Å². The van der Waals surface area contributed by atoms with Gasteiger partial charge in [-0.3, -0.25) is 4.79 Å². The number of Topliss-reactive ketones (excluding diaryl/α,β-unsaturated/α-hetero) is 1. The maximum atomic E-state index is 11.9. The number of anilines is 1. The number of nitrogen functional groups attached to an aromatic ring is 1. The third-order valence-electron chi connectivity index (χ3n) is 2.56. The van der Waals surface area contributed by atoms with Crippen molar-refractivity contribution in [3.63, 3.8) is 0 Å². The van der Waals surface area contributed by atoms with Crippen molar-refractivity contribution in [1.29, 1.82) is 0 Å². The van der Waals surface area contributed by atoms with Crippen molar-refractivity contribution in [1.82, 2.24) is 0 Å². The first kappa shape index (κ1) is 11.4. The number of rotatable bonds is 3. The first-order chi connectivity index (χ1) is 8.18. The minimum Gasteiger partial charge on any atom is -0.399 e. The lowest BCUT2D eigenvalue weighted by Gasteiger charge is -2.10. The summed E-state index contributed by atoms with van der Waals surface area (Å²) in [5.74, 6) is -0.310.